The van der Waals surface area contributed by atoms with Crippen molar-refractivity contribution in [3.8, 4) is 11.3 Å². The number of furan rings is 1. The summed E-state index contributed by atoms with van der Waals surface area (Å²) in [6.45, 7) is 1.29. The van der Waals surface area contributed by atoms with Crippen LogP contribution >= 0.6 is 0 Å². The molecule has 9 heteroatoms. The number of fused-ring (bicyclic) bond motifs is 1. The molecule has 0 saturated carbocycles. The van der Waals surface area contributed by atoms with Gasteiger partial charge in [0.2, 0.25) is 10.0 Å². The molecule has 0 saturated heterocycles. The Balaban J connectivity index is 2.31. The number of hydrogen-bond acceptors (Lipinski definition) is 5. The van der Waals surface area contributed by atoms with Crippen molar-refractivity contribution in [2.45, 2.75) is 13.3 Å². The quantitative estimate of drug-likeness (QED) is 0.606. The van der Waals surface area contributed by atoms with Crippen molar-refractivity contribution in [1.29, 1.82) is 0 Å². The highest BCUT2D eigenvalue weighted by molar-refractivity contribution is 7.92. The summed E-state index contributed by atoms with van der Waals surface area (Å²) in [6, 6.07) is 8.27. The first-order valence-electron chi connectivity index (χ1n) is 8.84. The molecule has 3 rings (SSSR count). The Morgan fingerprint density at radius 1 is 1.21 bits per heavy atom. The second-order valence-electron chi connectivity index (χ2n) is 6.51. The van der Waals surface area contributed by atoms with Crippen molar-refractivity contribution in [3.63, 3.8) is 0 Å². The van der Waals surface area contributed by atoms with Crippen LogP contribution < -0.4 is 4.31 Å². The molecule has 0 aliphatic heterocycles. The highest BCUT2D eigenvalue weighted by atomic mass is 32.2. The van der Waals surface area contributed by atoms with Gasteiger partial charge < -0.3 is 14.6 Å². The Hall–Kier alpha value is -2.91. The van der Waals surface area contributed by atoms with Crippen molar-refractivity contribution in [1.82, 2.24) is 0 Å². The minimum Gasteiger partial charge on any atom is -0.478 e. The van der Waals surface area contributed by atoms with E-state index in [-0.39, 0.29) is 30.1 Å². The van der Waals surface area contributed by atoms with Gasteiger partial charge in [0.25, 0.3) is 0 Å². The molecule has 2 N–H and O–H groups in total. The van der Waals surface area contributed by atoms with Crippen molar-refractivity contribution in [3.05, 3.63) is 53.3 Å². The number of carboxylic acids is 1. The fourth-order valence-corrected chi connectivity index (χ4v) is 4.21. The molecule has 0 bridgehead atoms. The van der Waals surface area contributed by atoms with Gasteiger partial charge in [-0.15, -0.1) is 0 Å². The molecule has 0 atom stereocenters. The van der Waals surface area contributed by atoms with E-state index < -0.39 is 21.8 Å². The monoisotopic (exact) mass is 421 g/mol. The number of carbonyl (C=O) groups is 1. The summed E-state index contributed by atoms with van der Waals surface area (Å²) >= 11 is 0. The maximum absolute atomic E-state index is 13.3. The van der Waals surface area contributed by atoms with Gasteiger partial charge in [-0.2, -0.15) is 0 Å². The Kier molecular flexibility index (Phi) is 5.63. The molecule has 0 unspecified atom stereocenters. The number of aromatic carboxylic acids is 1. The first-order chi connectivity index (χ1) is 13.7. The standard InChI is InChI=1S/C20H20FNO6S/c1-3-12-10-15-17(11-16(12)22(8-9-23)29(2,26)27)28-19(18(15)20(24)25)13-4-6-14(21)7-5-13/h4-7,10-11,23H,3,8-9H2,1-2H3,(H,24,25). The summed E-state index contributed by atoms with van der Waals surface area (Å²) in [7, 11) is -3.68. The third kappa shape index (κ3) is 3.96. The van der Waals surface area contributed by atoms with Gasteiger partial charge in [-0.25, -0.2) is 17.6 Å². The van der Waals surface area contributed by atoms with E-state index in [2.05, 4.69) is 0 Å². The predicted octanol–water partition coefficient (Wildman–Crippen LogP) is 3.26. The van der Waals surface area contributed by atoms with Gasteiger partial charge in [0, 0.05) is 17.0 Å². The van der Waals surface area contributed by atoms with Crippen molar-refractivity contribution in [2.24, 2.45) is 0 Å². The van der Waals surface area contributed by atoms with Crippen LogP contribution in [0.15, 0.2) is 40.8 Å². The van der Waals surface area contributed by atoms with E-state index in [0.717, 1.165) is 10.6 Å². The highest BCUT2D eigenvalue weighted by Gasteiger charge is 2.26. The minimum atomic E-state index is -3.68. The summed E-state index contributed by atoms with van der Waals surface area (Å²) in [5.41, 5.74) is 1.38. The lowest BCUT2D eigenvalue weighted by atomic mass is 10.0. The average Bonchev–Trinajstić information content (AvgIpc) is 3.03. The SMILES string of the molecule is CCc1cc2c(C(=O)O)c(-c3ccc(F)cc3)oc2cc1N(CCO)S(C)(=O)=O. The smallest absolute Gasteiger partial charge is 0.340 e. The molecule has 0 amide bonds. The normalized spacial score (nSPS) is 11.7. The van der Waals surface area contributed by atoms with Gasteiger partial charge in [-0.3, -0.25) is 4.31 Å². The van der Waals surface area contributed by atoms with Crippen molar-refractivity contribution in [2.75, 3.05) is 23.7 Å². The minimum absolute atomic E-state index is 0.0553. The molecule has 1 heterocycles. The number of rotatable bonds is 7. The lowest BCUT2D eigenvalue weighted by Crippen LogP contribution is -2.33. The first-order valence-corrected chi connectivity index (χ1v) is 10.7. The Bertz CT molecular complexity index is 1170. The van der Waals surface area contributed by atoms with E-state index in [1.807, 2.05) is 6.92 Å². The number of halogens is 1. The number of benzene rings is 2. The van der Waals surface area contributed by atoms with Gasteiger partial charge in [-0.05, 0) is 42.3 Å². The number of aryl methyl sites for hydroxylation is 1. The predicted molar refractivity (Wildman–Crippen MR) is 107 cm³/mol. The van der Waals surface area contributed by atoms with Crippen LogP contribution in [0.25, 0.3) is 22.3 Å². The van der Waals surface area contributed by atoms with Gasteiger partial charge in [-0.1, -0.05) is 6.92 Å². The second-order valence-corrected chi connectivity index (χ2v) is 8.41. The van der Waals surface area contributed by atoms with Crippen LogP contribution in [0.3, 0.4) is 0 Å². The van der Waals surface area contributed by atoms with E-state index >= 15 is 0 Å². The van der Waals surface area contributed by atoms with Crippen molar-refractivity contribution < 1.29 is 32.2 Å². The molecule has 0 radical (unpaired) electrons. The molecule has 3 aromatic rings. The summed E-state index contributed by atoms with van der Waals surface area (Å²) in [5.74, 6) is -1.63. The summed E-state index contributed by atoms with van der Waals surface area (Å²) in [4.78, 5) is 11.9. The van der Waals surface area contributed by atoms with Crippen molar-refractivity contribution >= 4 is 32.6 Å². The molecule has 29 heavy (non-hydrogen) atoms. The van der Waals surface area contributed by atoms with Crippen LogP contribution in [0.5, 0.6) is 0 Å². The molecule has 1 aromatic heterocycles. The summed E-state index contributed by atoms with van der Waals surface area (Å²) in [5, 5.41) is 19.4. The number of aliphatic hydroxyl groups is 1. The lowest BCUT2D eigenvalue weighted by Gasteiger charge is -2.24. The maximum Gasteiger partial charge on any atom is 0.340 e. The fraction of sp³-hybridized carbons (Fsp3) is 0.250. The number of sulfonamides is 1. The van der Waals surface area contributed by atoms with E-state index in [0.29, 0.717) is 28.6 Å². The lowest BCUT2D eigenvalue weighted by molar-refractivity contribution is 0.0699. The zero-order chi connectivity index (χ0) is 21.3. The number of hydrogen-bond donors (Lipinski definition) is 2. The van der Waals surface area contributed by atoms with Crippen LogP contribution in [0.1, 0.15) is 22.8 Å². The molecule has 2 aromatic carbocycles. The largest absolute Gasteiger partial charge is 0.478 e. The zero-order valence-corrected chi connectivity index (χ0v) is 16.7. The van der Waals surface area contributed by atoms with Crippen LogP contribution in [0.2, 0.25) is 0 Å². The summed E-state index contributed by atoms with van der Waals surface area (Å²) in [6.07, 6.45) is 1.46. The maximum atomic E-state index is 13.3. The molecule has 0 spiro atoms. The summed E-state index contributed by atoms with van der Waals surface area (Å²) < 4.78 is 44.5. The number of aliphatic hydroxyl groups excluding tert-OH is 1. The fourth-order valence-electron chi connectivity index (χ4n) is 3.26. The third-order valence-corrected chi connectivity index (χ3v) is 5.74. The Morgan fingerprint density at radius 2 is 1.86 bits per heavy atom. The molecule has 154 valence electrons. The number of carboxylic acid groups (broad SMARTS) is 1. The second kappa shape index (κ2) is 7.84. The molecular weight excluding hydrogens is 401 g/mol. The Morgan fingerprint density at radius 3 is 2.38 bits per heavy atom. The topological polar surface area (TPSA) is 108 Å². The zero-order valence-electron chi connectivity index (χ0n) is 15.8. The molecule has 7 nitrogen and oxygen atoms in total. The van der Waals surface area contributed by atoms with Gasteiger partial charge in [0.05, 0.1) is 25.1 Å². The number of anilines is 1. The Labute approximate surface area is 167 Å². The molecular formula is C20H20FNO6S. The molecule has 0 aliphatic carbocycles. The number of nitrogens with zero attached hydrogens (tertiary/aromatic N) is 1. The van der Waals surface area contributed by atoms with E-state index in [1.54, 1.807) is 6.07 Å². The van der Waals surface area contributed by atoms with E-state index in [1.165, 1.54) is 30.3 Å². The highest BCUT2D eigenvalue weighted by Crippen LogP contribution is 2.38. The van der Waals surface area contributed by atoms with Gasteiger partial charge in [0.1, 0.15) is 22.7 Å². The van der Waals surface area contributed by atoms with Crippen LogP contribution in [0, 0.1) is 5.82 Å². The molecule has 0 aliphatic rings. The third-order valence-electron chi connectivity index (χ3n) is 4.56. The van der Waals surface area contributed by atoms with E-state index in [4.69, 9.17) is 4.42 Å². The molecule has 0 fully saturated rings. The van der Waals surface area contributed by atoms with Crippen LogP contribution in [0.4, 0.5) is 10.1 Å². The van der Waals surface area contributed by atoms with Crippen LogP contribution in [-0.2, 0) is 16.4 Å². The average molecular weight is 421 g/mol. The van der Waals surface area contributed by atoms with Crippen LogP contribution in [-0.4, -0.2) is 44.0 Å². The first kappa shape index (κ1) is 20.8. The van der Waals surface area contributed by atoms with Gasteiger partial charge >= 0.3 is 5.97 Å². The van der Waals surface area contributed by atoms with Gasteiger partial charge in [0.15, 0.2) is 0 Å². The van der Waals surface area contributed by atoms with E-state index in [9.17, 15) is 27.8 Å².